The van der Waals surface area contributed by atoms with E-state index < -0.39 is 0 Å². The van der Waals surface area contributed by atoms with Gasteiger partial charge in [0.2, 0.25) is 0 Å². The predicted octanol–water partition coefficient (Wildman–Crippen LogP) is 7.25. The molecule has 122 valence electrons. The van der Waals surface area contributed by atoms with Crippen molar-refractivity contribution >= 4 is 11.3 Å². The SMILES string of the molecule is CCCCCCCCC(CC)Cc1c(C)sc(C)c1CC. The van der Waals surface area contributed by atoms with Crippen molar-refractivity contribution in [2.45, 2.75) is 98.8 Å². The average Bonchev–Trinajstić information content (AvgIpc) is 2.74. The Hall–Kier alpha value is -0.300. The third-order valence-corrected chi connectivity index (χ3v) is 6.02. The molecule has 0 radical (unpaired) electrons. The highest BCUT2D eigenvalue weighted by Crippen LogP contribution is 2.31. The molecule has 0 bridgehead atoms. The molecular weight excluding hydrogens is 272 g/mol. The van der Waals surface area contributed by atoms with Gasteiger partial charge in [-0.2, -0.15) is 0 Å². The molecule has 1 atom stereocenters. The van der Waals surface area contributed by atoms with E-state index in [4.69, 9.17) is 0 Å². The zero-order valence-electron chi connectivity index (χ0n) is 15.1. The molecule has 1 aromatic rings. The standard InChI is InChI=1S/C20H36S/c1-6-9-10-11-12-13-14-18(7-2)15-20-17(5)21-16(4)19(20)8-3/h18H,6-15H2,1-5H3. The van der Waals surface area contributed by atoms with Gasteiger partial charge in [0.05, 0.1) is 0 Å². The van der Waals surface area contributed by atoms with Crippen LogP contribution in [0.1, 0.15) is 93.0 Å². The molecule has 0 fully saturated rings. The molecule has 0 saturated heterocycles. The van der Waals surface area contributed by atoms with E-state index in [9.17, 15) is 0 Å². The second kappa shape index (κ2) is 10.4. The number of hydrogen-bond donors (Lipinski definition) is 0. The predicted molar refractivity (Wildman–Crippen MR) is 98.6 cm³/mol. The zero-order chi connectivity index (χ0) is 15.7. The third-order valence-electron chi connectivity index (χ3n) is 4.91. The number of aryl methyl sites for hydroxylation is 2. The second-order valence-corrected chi connectivity index (χ2v) is 7.99. The first-order chi connectivity index (χ1) is 10.1. The van der Waals surface area contributed by atoms with Crippen LogP contribution in [0.5, 0.6) is 0 Å². The van der Waals surface area contributed by atoms with Gasteiger partial charge in [0.25, 0.3) is 0 Å². The Labute approximate surface area is 137 Å². The molecule has 0 nitrogen and oxygen atoms in total. The van der Waals surface area contributed by atoms with Crippen molar-refractivity contribution in [2.75, 3.05) is 0 Å². The highest BCUT2D eigenvalue weighted by atomic mass is 32.1. The summed E-state index contributed by atoms with van der Waals surface area (Å²) in [6.07, 6.45) is 13.8. The van der Waals surface area contributed by atoms with Crippen LogP contribution in [-0.4, -0.2) is 0 Å². The molecule has 0 aliphatic heterocycles. The summed E-state index contributed by atoms with van der Waals surface area (Å²) in [4.78, 5) is 3.13. The van der Waals surface area contributed by atoms with Crippen molar-refractivity contribution in [1.82, 2.24) is 0 Å². The van der Waals surface area contributed by atoms with Crippen LogP contribution < -0.4 is 0 Å². The number of hydrogen-bond acceptors (Lipinski definition) is 1. The van der Waals surface area contributed by atoms with Gasteiger partial charge in [-0.05, 0) is 43.7 Å². The monoisotopic (exact) mass is 308 g/mol. The van der Waals surface area contributed by atoms with Gasteiger partial charge in [-0.3, -0.25) is 0 Å². The molecule has 0 aliphatic carbocycles. The molecule has 0 spiro atoms. The topological polar surface area (TPSA) is 0 Å². The van der Waals surface area contributed by atoms with Gasteiger partial charge in [-0.15, -0.1) is 11.3 Å². The molecule has 1 heterocycles. The van der Waals surface area contributed by atoms with Gasteiger partial charge < -0.3 is 0 Å². The minimum absolute atomic E-state index is 0.897. The van der Waals surface area contributed by atoms with Crippen LogP contribution in [-0.2, 0) is 12.8 Å². The summed E-state index contributed by atoms with van der Waals surface area (Å²) in [5, 5.41) is 0. The zero-order valence-corrected chi connectivity index (χ0v) is 15.9. The van der Waals surface area contributed by atoms with Crippen molar-refractivity contribution in [3.05, 3.63) is 20.9 Å². The van der Waals surface area contributed by atoms with Crippen LogP contribution in [0.3, 0.4) is 0 Å². The number of unbranched alkanes of at least 4 members (excludes halogenated alkanes) is 5. The minimum Gasteiger partial charge on any atom is -0.145 e. The minimum atomic E-state index is 0.897. The van der Waals surface area contributed by atoms with Crippen molar-refractivity contribution in [2.24, 2.45) is 5.92 Å². The first-order valence-electron chi connectivity index (χ1n) is 9.21. The van der Waals surface area contributed by atoms with Crippen molar-refractivity contribution in [3.63, 3.8) is 0 Å². The molecule has 0 amide bonds. The molecule has 1 rings (SSSR count). The van der Waals surface area contributed by atoms with E-state index in [1.807, 2.05) is 11.3 Å². The van der Waals surface area contributed by atoms with Gasteiger partial charge in [0, 0.05) is 9.75 Å². The van der Waals surface area contributed by atoms with Crippen molar-refractivity contribution in [1.29, 1.82) is 0 Å². The number of thiophene rings is 1. The normalized spacial score (nSPS) is 12.8. The molecule has 1 aromatic heterocycles. The van der Waals surface area contributed by atoms with Crippen LogP contribution in [0, 0.1) is 19.8 Å². The van der Waals surface area contributed by atoms with Crippen LogP contribution in [0.15, 0.2) is 0 Å². The van der Waals surface area contributed by atoms with Crippen LogP contribution in [0.4, 0.5) is 0 Å². The summed E-state index contributed by atoms with van der Waals surface area (Å²) < 4.78 is 0. The fraction of sp³-hybridized carbons (Fsp3) is 0.800. The molecule has 0 N–H and O–H groups in total. The maximum Gasteiger partial charge on any atom is 0.00519 e. The fourth-order valence-electron chi connectivity index (χ4n) is 3.46. The third kappa shape index (κ3) is 6.14. The van der Waals surface area contributed by atoms with Crippen molar-refractivity contribution < 1.29 is 0 Å². The average molecular weight is 309 g/mol. The van der Waals surface area contributed by atoms with E-state index in [2.05, 4.69) is 34.6 Å². The van der Waals surface area contributed by atoms with Crippen LogP contribution >= 0.6 is 11.3 Å². The van der Waals surface area contributed by atoms with Gasteiger partial charge in [-0.1, -0.05) is 72.1 Å². The van der Waals surface area contributed by atoms with E-state index in [0.29, 0.717) is 0 Å². The quantitative estimate of drug-likeness (QED) is 0.378. The van der Waals surface area contributed by atoms with Gasteiger partial charge in [-0.25, -0.2) is 0 Å². The smallest absolute Gasteiger partial charge is 0.00519 e. The van der Waals surface area contributed by atoms with Crippen LogP contribution in [0.2, 0.25) is 0 Å². The van der Waals surface area contributed by atoms with Gasteiger partial charge in [0.15, 0.2) is 0 Å². The van der Waals surface area contributed by atoms with Gasteiger partial charge >= 0.3 is 0 Å². The lowest BCUT2D eigenvalue weighted by Gasteiger charge is -2.16. The first kappa shape index (κ1) is 18.7. The lowest BCUT2D eigenvalue weighted by molar-refractivity contribution is 0.435. The van der Waals surface area contributed by atoms with E-state index in [1.54, 1.807) is 20.9 Å². The van der Waals surface area contributed by atoms with E-state index >= 15 is 0 Å². The Kier molecular flexibility index (Phi) is 9.31. The summed E-state index contributed by atoms with van der Waals surface area (Å²) in [7, 11) is 0. The molecule has 0 saturated carbocycles. The summed E-state index contributed by atoms with van der Waals surface area (Å²) in [6, 6.07) is 0. The maximum atomic E-state index is 2.38. The lowest BCUT2D eigenvalue weighted by atomic mass is 9.89. The summed E-state index contributed by atoms with van der Waals surface area (Å²) in [6.45, 7) is 11.6. The Balaban J connectivity index is 2.43. The highest BCUT2D eigenvalue weighted by Gasteiger charge is 2.15. The van der Waals surface area contributed by atoms with E-state index in [0.717, 1.165) is 5.92 Å². The highest BCUT2D eigenvalue weighted by molar-refractivity contribution is 7.12. The fourth-order valence-corrected chi connectivity index (χ4v) is 4.64. The summed E-state index contributed by atoms with van der Waals surface area (Å²) in [5.74, 6) is 0.897. The summed E-state index contributed by atoms with van der Waals surface area (Å²) >= 11 is 2.01. The van der Waals surface area contributed by atoms with Crippen molar-refractivity contribution in [3.8, 4) is 0 Å². The van der Waals surface area contributed by atoms with E-state index in [1.165, 1.54) is 64.2 Å². The van der Waals surface area contributed by atoms with E-state index in [-0.39, 0.29) is 0 Å². The first-order valence-corrected chi connectivity index (χ1v) is 10.0. The number of rotatable bonds is 11. The molecule has 0 aromatic carbocycles. The molecule has 1 heteroatoms. The Morgan fingerprint density at radius 3 is 2.05 bits per heavy atom. The second-order valence-electron chi connectivity index (χ2n) is 6.56. The maximum absolute atomic E-state index is 2.38. The molecule has 1 unspecified atom stereocenters. The Morgan fingerprint density at radius 1 is 0.810 bits per heavy atom. The van der Waals surface area contributed by atoms with Crippen LogP contribution in [0.25, 0.3) is 0 Å². The molecule has 0 aliphatic rings. The lowest BCUT2D eigenvalue weighted by Crippen LogP contribution is -2.05. The Bertz CT molecular complexity index is 389. The largest absolute Gasteiger partial charge is 0.145 e. The Morgan fingerprint density at radius 2 is 1.43 bits per heavy atom. The van der Waals surface area contributed by atoms with Gasteiger partial charge in [0.1, 0.15) is 0 Å². The summed E-state index contributed by atoms with van der Waals surface area (Å²) in [5.41, 5.74) is 3.34. The molecule has 21 heavy (non-hydrogen) atoms. The molecular formula is C20H36S.